The summed E-state index contributed by atoms with van der Waals surface area (Å²) in [7, 11) is 0. The van der Waals surface area contributed by atoms with Crippen LogP contribution in [0.4, 0.5) is 9.93 Å². The molecule has 0 spiro atoms. The predicted octanol–water partition coefficient (Wildman–Crippen LogP) is 2.27. The van der Waals surface area contributed by atoms with Crippen LogP contribution in [-0.2, 0) is 31.9 Å². The number of aryl methyl sites for hydroxylation is 1. The molecule has 1 aromatic rings. The summed E-state index contributed by atoms with van der Waals surface area (Å²) in [6.45, 7) is 7.20. The molecule has 0 aliphatic heterocycles. The van der Waals surface area contributed by atoms with E-state index in [0.717, 1.165) is 10.6 Å². The molecule has 0 aromatic carbocycles. The van der Waals surface area contributed by atoms with Crippen LogP contribution < -0.4 is 10.6 Å². The Bertz CT molecular complexity index is 680. The number of nitrogens with one attached hydrogen (secondary N) is 2. The summed E-state index contributed by atoms with van der Waals surface area (Å²) >= 11 is 1.35. The number of carbonyl (C=O) groups is 3. The van der Waals surface area contributed by atoms with Gasteiger partial charge in [-0.2, -0.15) is 0 Å². The van der Waals surface area contributed by atoms with Crippen molar-refractivity contribution >= 4 is 34.4 Å². The molecule has 2 amide bonds. The van der Waals surface area contributed by atoms with Gasteiger partial charge in [0, 0.05) is 4.88 Å². The van der Waals surface area contributed by atoms with E-state index in [0.29, 0.717) is 31.0 Å². The highest BCUT2D eigenvalue weighted by Crippen LogP contribution is 2.32. The third-order valence-electron chi connectivity index (χ3n) is 3.60. The third-order valence-corrected chi connectivity index (χ3v) is 4.63. The lowest BCUT2D eigenvalue weighted by Gasteiger charge is -2.19. The van der Waals surface area contributed by atoms with Crippen molar-refractivity contribution < 1.29 is 23.9 Å². The van der Waals surface area contributed by atoms with Crippen LogP contribution in [0.25, 0.3) is 0 Å². The standard InChI is InChI=1S/C17H25N3O5S/c1-5-24-14(22)10-6-7-11-12(8-10)26-15(19-11)20-13(21)9-18-16(23)25-17(2,3)4/h10H,5-9H2,1-4H3,(H,18,23)(H,19,20,21). The number of fused-ring (bicyclic) bond motifs is 1. The largest absolute Gasteiger partial charge is 0.466 e. The molecule has 0 bridgehead atoms. The molecule has 26 heavy (non-hydrogen) atoms. The Morgan fingerprint density at radius 2 is 2.04 bits per heavy atom. The van der Waals surface area contributed by atoms with Crippen LogP contribution in [0.2, 0.25) is 0 Å². The van der Waals surface area contributed by atoms with Gasteiger partial charge in [-0.15, -0.1) is 11.3 Å². The normalized spacial score (nSPS) is 16.4. The lowest BCUT2D eigenvalue weighted by atomic mass is 9.91. The second-order valence-corrected chi connectivity index (χ2v) is 8.07. The number of anilines is 1. The van der Waals surface area contributed by atoms with Crippen LogP contribution in [0.3, 0.4) is 0 Å². The van der Waals surface area contributed by atoms with Gasteiger partial charge in [0.15, 0.2) is 5.13 Å². The number of nitrogens with zero attached hydrogens (tertiary/aromatic N) is 1. The zero-order valence-electron chi connectivity index (χ0n) is 15.5. The maximum Gasteiger partial charge on any atom is 0.408 e. The third kappa shape index (κ3) is 5.98. The van der Waals surface area contributed by atoms with Gasteiger partial charge in [0.25, 0.3) is 0 Å². The van der Waals surface area contributed by atoms with Crippen molar-refractivity contribution in [2.75, 3.05) is 18.5 Å². The summed E-state index contributed by atoms with van der Waals surface area (Å²) in [6.07, 6.45) is 1.31. The lowest BCUT2D eigenvalue weighted by Crippen LogP contribution is -2.37. The van der Waals surface area contributed by atoms with Crippen molar-refractivity contribution in [1.82, 2.24) is 10.3 Å². The van der Waals surface area contributed by atoms with Gasteiger partial charge in [0.2, 0.25) is 5.91 Å². The highest BCUT2D eigenvalue weighted by Gasteiger charge is 2.28. The first-order valence-corrected chi connectivity index (χ1v) is 9.41. The van der Waals surface area contributed by atoms with Crippen LogP contribution >= 0.6 is 11.3 Å². The molecule has 2 N–H and O–H groups in total. The second kappa shape index (κ2) is 8.48. The molecular formula is C17H25N3O5S. The quantitative estimate of drug-likeness (QED) is 0.756. The topological polar surface area (TPSA) is 107 Å². The van der Waals surface area contributed by atoms with Crippen molar-refractivity contribution in [3.63, 3.8) is 0 Å². The summed E-state index contributed by atoms with van der Waals surface area (Å²) in [5.74, 6) is -0.720. The van der Waals surface area contributed by atoms with E-state index in [2.05, 4.69) is 15.6 Å². The van der Waals surface area contributed by atoms with Gasteiger partial charge >= 0.3 is 12.1 Å². The number of aromatic nitrogens is 1. The first kappa shape index (κ1) is 20.2. The average Bonchev–Trinajstić information content (AvgIpc) is 2.92. The summed E-state index contributed by atoms with van der Waals surface area (Å²) in [4.78, 5) is 40.8. The first-order chi connectivity index (χ1) is 12.2. The maximum atomic E-state index is 12.0. The number of carbonyl (C=O) groups excluding carboxylic acids is 3. The summed E-state index contributed by atoms with van der Waals surface area (Å²) in [6, 6.07) is 0. The Hall–Kier alpha value is -2.16. The molecule has 1 aliphatic rings. The highest BCUT2D eigenvalue weighted by atomic mass is 32.1. The number of thiazole rings is 1. The highest BCUT2D eigenvalue weighted by molar-refractivity contribution is 7.15. The Morgan fingerprint density at radius 1 is 1.31 bits per heavy atom. The van der Waals surface area contributed by atoms with Crippen molar-refractivity contribution in [2.24, 2.45) is 5.92 Å². The maximum absolute atomic E-state index is 12.0. The van der Waals surface area contributed by atoms with Gasteiger partial charge < -0.3 is 20.1 Å². The number of hydrogen-bond donors (Lipinski definition) is 2. The molecule has 1 atom stereocenters. The molecule has 2 rings (SSSR count). The smallest absolute Gasteiger partial charge is 0.408 e. The van der Waals surface area contributed by atoms with Crippen molar-refractivity contribution in [3.05, 3.63) is 10.6 Å². The van der Waals surface area contributed by atoms with Crippen LogP contribution in [0.5, 0.6) is 0 Å². The fraction of sp³-hybridized carbons (Fsp3) is 0.647. The molecule has 0 radical (unpaired) electrons. The van der Waals surface area contributed by atoms with E-state index in [-0.39, 0.29) is 24.3 Å². The van der Waals surface area contributed by atoms with Crippen LogP contribution in [0, 0.1) is 5.92 Å². The monoisotopic (exact) mass is 383 g/mol. The number of alkyl carbamates (subject to hydrolysis) is 1. The zero-order chi connectivity index (χ0) is 19.3. The summed E-state index contributed by atoms with van der Waals surface area (Å²) in [5, 5.41) is 5.54. The Morgan fingerprint density at radius 3 is 2.69 bits per heavy atom. The minimum atomic E-state index is -0.650. The SMILES string of the molecule is CCOC(=O)C1CCc2nc(NC(=O)CNC(=O)OC(C)(C)C)sc2C1. The zero-order valence-corrected chi connectivity index (χ0v) is 16.3. The molecule has 9 heteroatoms. The number of amides is 2. The summed E-state index contributed by atoms with van der Waals surface area (Å²) in [5.41, 5.74) is 0.288. The molecule has 0 fully saturated rings. The van der Waals surface area contributed by atoms with Gasteiger partial charge in [-0.3, -0.25) is 9.59 Å². The molecule has 144 valence electrons. The van der Waals surface area contributed by atoms with Gasteiger partial charge in [-0.25, -0.2) is 9.78 Å². The molecule has 1 heterocycles. The molecule has 1 aliphatic carbocycles. The minimum Gasteiger partial charge on any atom is -0.466 e. The molecule has 1 unspecified atom stereocenters. The summed E-state index contributed by atoms with van der Waals surface area (Å²) < 4.78 is 10.2. The Kier molecular flexibility index (Phi) is 6.57. The fourth-order valence-corrected chi connectivity index (χ4v) is 3.62. The number of hydrogen-bond acceptors (Lipinski definition) is 7. The van der Waals surface area contributed by atoms with Crippen molar-refractivity contribution in [1.29, 1.82) is 0 Å². The molecule has 0 saturated carbocycles. The molecular weight excluding hydrogens is 358 g/mol. The Balaban J connectivity index is 1.85. The first-order valence-electron chi connectivity index (χ1n) is 8.60. The van der Waals surface area contributed by atoms with E-state index >= 15 is 0 Å². The number of ether oxygens (including phenoxy) is 2. The molecule has 1 aromatic heterocycles. The van der Waals surface area contributed by atoms with Gasteiger partial charge in [-0.05, 0) is 47.0 Å². The molecule has 0 saturated heterocycles. The van der Waals surface area contributed by atoms with Gasteiger partial charge in [0.1, 0.15) is 12.1 Å². The van der Waals surface area contributed by atoms with Crippen LogP contribution in [0.1, 0.15) is 44.7 Å². The number of rotatable bonds is 5. The van der Waals surface area contributed by atoms with Gasteiger partial charge in [-0.1, -0.05) is 0 Å². The van der Waals surface area contributed by atoms with E-state index in [4.69, 9.17) is 9.47 Å². The van der Waals surface area contributed by atoms with E-state index in [1.807, 2.05) is 0 Å². The van der Waals surface area contributed by atoms with Crippen molar-refractivity contribution in [3.8, 4) is 0 Å². The minimum absolute atomic E-state index is 0.153. The predicted molar refractivity (Wildman–Crippen MR) is 97.1 cm³/mol. The fourth-order valence-electron chi connectivity index (χ4n) is 2.52. The second-order valence-electron chi connectivity index (χ2n) is 6.98. The average molecular weight is 383 g/mol. The van der Waals surface area contributed by atoms with E-state index < -0.39 is 11.7 Å². The number of esters is 1. The van der Waals surface area contributed by atoms with Crippen LogP contribution in [-0.4, -0.2) is 41.7 Å². The lowest BCUT2D eigenvalue weighted by molar-refractivity contribution is -0.148. The van der Waals surface area contributed by atoms with E-state index in [9.17, 15) is 14.4 Å². The van der Waals surface area contributed by atoms with Crippen LogP contribution in [0.15, 0.2) is 0 Å². The van der Waals surface area contributed by atoms with Crippen molar-refractivity contribution in [2.45, 2.75) is 52.6 Å². The Labute approximate surface area is 156 Å². The van der Waals surface area contributed by atoms with E-state index in [1.54, 1.807) is 27.7 Å². The van der Waals surface area contributed by atoms with E-state index in [1.165, 1.54) is 11.3 Å². The molecule has 8 nitrogen and oxygen atoms in total. The van der Waals surface area contributed by atoms with Gasteiger partial charge in [0.05, 0.1) is 18.2 Å².